The fourth-order valence-electron chi connectivity index (χ4n) is 5.52. The van der Waals surface area contributed by atoms with Crippen LogP contribution in [0.3, 0.4) is 0 Å². The molecule has 0 aliphatic heterocycles. The summed E-state index contributed by atoms with van der Waals surface area (Å²) >= 11 is 0. The summed E-state index contributed by atoms with van der Waals surface area (Å²) in [5.41, 5.74) is 5.29. The van der Waals surface area contributed by atoms with E-state index >= 15 is 0 Å². The van der Waals surface area contributed by atoms with E-state index in [9.17, 15) is 0 Å². The number of methoxy groups -OCH3 is 1. The van der Waals surface area contributed by atoms with Crippen LogP contribution < -0.4 is 0 Å². The largest absolute Gasteiger partial charge is 0.381 e. The van der Waals surface area contributed by atoms with Gasteiger partial charge in [0, 0.05) is 7.11 Å². The Kier molecular flexibility index (Phi) is 16.0. The summed E-state index contributed by atoms with van der Waals surface area (Å²) in [5.74, 6) is 0. The fourth-order valence-corrected chi connectivity index (χ4v) is 5.52. The molecule has 0 aliphatic carbocycles. The second-order valence-electron chi connectivity index (χ2n) is 12.0. The quantitative estimate of drug-likeness (QED) is 0.0686. The van der Waals surface area contributed by atoms with Crippen LogP contribution in [0.1, 0.15) is 27.8 Å². The maximum Gasteiger partial charge on any atom is 0.116 e. The molecular weight excluding hydrogens is 624 g/mol. The molecule has 5 aromatic carbocycles. The summed E-state index contributed by atoms with van der Waals surface area (Å²) in [4.78, 5) is 0. The number of benzene rings is 5. The lowest BCUT2D eigenvalue weighted by atomic mass is 10.0. The molecule has 0 aromatic heterocycles. The average molecular weight is 673 g/mol. The van der Waals surface area contributed by atoms with Crippen LogP contribution in [-0.4, -0.2) is 44.7 Å². The van der Waals surface area contributed by atoms with Gasteiger partial charge < -0.3 is 28.4 Å². The predicted molar refractivity (Wildman–Crippen MR) is 197 cm³/mol. The number of hydrogen-bond acceptors (Lipinski definition) is 6. The zero-order valence-corrected chi connectivity index (χ0v) is 28.8. The summed E-state index contributed by atoms with van der Waals surface area (Å²) < 4.78 is 39.0. The van der Waals surface area contributed by atoms with Crippen molar-refractivity contribution >= 4 is 0 Å². The Morgan fingerprint density at radius 2 is 0.820 bits per heavy atom. The Bertz CT molecular complexity index is 1600. The van der Waals surface area contributed by atoms with Gasteiger partial charge in [-0.3, -0.25) is 0 Å². The van der Waals surface area contributed by atoms with Gasteiger partial charge in [-0.15, -0.1) is 0 Å². The van der Waals surface area contributed by atoms with Crippen molar-refractivity contribution in [1.82, 2.24) is 0 Å². The van der Waals surface area contributed by atoms with Crippen LogP contribution in [-0.2, 0) is 61.5 Å². The number of ether oxygens (including phenoxy) is 6. The van der Waals surface area contributed by atoms with Crippen molar-refractivity contribution in [1.29, 1.82) is 0 Å². The van der Waals surface area contributed by atoms with Gasteiger partial charge in [-0.2, -0.15) is 0 Å². The summed E-state index contributed by atoms with van der Waals surface area (Å²) in [6.45, 7) is 2.63. The first-order valence-electron chi connectivity index (χ1n) is 17.2. The zero-order chi connectivity index (χ0) is 34.5. The van der Waals surface area contributed by atoms with Gasteiger partial charge in [0.1, 0.15) is 24.4 Å². The highest BCUT2D eigenvalue weighted by Crippen LogP contribution is 2.25. The molecule has 0 fully saturated rings. The molecule has 0 aliphatic rings. The van der Waals surface area contributed by atoms with Crippen LogP contribution in [0.15, 0.2) is 164 Å². The molecule has 0 radical (unpaired) electrons. The van der Waals surface area contributed by atoms with E-state index in [0.29, 0.717) is 39.6 Å². The highest BCUT2D eigenvalue weighted by Gasteiger charge is 2.38. The minimum Gasteiger partial charge on any atom is -0.381 e. The fraction of sp³-hybridized carbons (Fsp3) is 0.273. The number of rotatable bonds is 22. The Labute approximate surface area is 297 Å². The van der Waals surface area contributed by atoms with Crippen molar-refractivity contribution in [2.45, 2.75) is 57.5 Å². The molecule has 0 spiro atoms. The summed E-state index contributed by atoms with van der Waals surface area (Å²) in [7, 11) is 1.68. The molecule has 0 N–H and O–H groups in total. The molecule has 50 heavy (non-hydrogen) atoms. The topological polar surface area (TPSA) is 55.4 Å². The standard InChI is InChI=1S/C44H48O6/c1-45-29-17-28-41(47-31-37-20-9-3-10-21-37)43(49-33-39-24-13-5-14-25-39)44(50-34-40-26-15-6-16-27-40)42(48-32-38-22-11-4-12-23-38)35-46-30-36-18-7-2-8-19-36/h2-28,41-44H,29-35H2,1H3/b28-17+/t41-,42+,43+,44+/m0/s1. The Morgan fingerprint density at radius 3 is 1.26 bits per heavy atom. The maximum absolute atomic E-state index is 6.90. The molecule has 6 nitrogen and oxygen atoms in total. The minimum atomic E-state index is -0.591. The lowest BCUT2D eigenvalue weighted by Gasteiger charge is -2.37. The molecule has 5 aromatic rings. The van der Waals surface area contributed by atoms with E-state index in [1.165, 1.54) is 0 Å². The number of hydrogen-bond donors (Lipinski definition) is 0. The Hall–Kier alpha value is -4.40. The first-order chi connectivity index (χ1) is 24.8. The van der Waals surface area contributed by atoms with Gasteiger partial charge in [-0.05, 0) is 27.8 Å². The molecule has 5 rings (SSSR count). The van der Waals surface area contributed by atoms with Crippen LogP contribution >= 0.6 is 0 Å². The summed E-state index contributed by atoms with van der Waals surface area (Å²) in [6.07, 6.45) is 1.78. The monoisotopic (exact) mass is 672 g/mol. The van der Waals surface area contributed by atoms with Crippen LogP contribution in [0.2, 0.25) is 0 Å². The predicted octanol–water partition coefficient (Wildman–Crippen LogP) is 8.75. The van der Waals surface area contributed by atoms with Gasteiger partial charge in [0.05, 0.1) is 46.2 Å². The third kappa shape index (κ3) is 12.8. The lowest BCUT2D eigenvalue weighted by Crippen LogP contribution is -2.50. The smallest absolute Gasteiger partial charge is 0.116 e. The molecule has 0 bridgehead atoms. The van der Waals surface area contributed by atoms with Gasteiger partial charge in [-0.25, -0.2) is 0 Å². The normalized spacial score (nSPS) is 13.9. The van der Waals surface area contributed by atoms with E-state index in [4.69, 9.17) is 28.4 Å². The molecule has 4 atom stereocenters. The molecule has 0 unspecified atom stereocenters. The van der Waals surface area contributed by atoms with Crippen molar-refractivity contribution in [3.63, 3.8) is 0 Å². The van der Waals surface area contributed by atoms with Crippen molar-refractivity contribution < 1.29 is 28.4 Å². The first-order valence-corrected chi connectivity index (χ1v) is 17.2. The van der Waals surface area contributed by atoms with Crippen LogP contribution in [0.5, 0.6) is 0 Å². The SMILES string of the molecule is COC/C=C/[C@H](OCc1ccccc1)[C@@H](OCc1ccccc1)[C@H](OCc1ccccc1)[C@@H](COCc1ccccc1)OCc1ccccc1. The van der Waals surface area contributed by atoms with Crippen molar-refractivity contribution in [2.75, 3.05) is 20.3 Å². The van der Waals surface area contributed by atoms with Crippen molar-refractivity contribution in [3.8, 4) is 0 Å². The molecular formula is C44H48O6. The van der Waals surface area contributed by atoms with E-state index in [2.05, 4.69) is 60.7 Å². The molecule has 260 valence electrons. The van der Waals surface area contributed by atoms with Crippen molar-refractivity contribution in [2.24, 2.45) is 0 Å². The van der Waals surface area contributed by atoms with E-state index in [-0.39, 0.29) is 6.61 Å². The lowest BCUT2D eigenvalue weighted by molar-refractivity contribution is -0.192. The zero-order valence-electron chi connectivity index (χ0n) is 28.8. The van der Waals surface area contributed by atoms with Crippen molar-refractivity contribution in [3.05, 3.63) is 192 Å². The first kappa shape index (κ1) is 36.9. The molecule has 0 amide bonds. The van der Waals surface area contributed by atoms with Crippen LogP contribution in [0, 0.1) is 0 Å². The van der Waals surface area contributed by atoms with Gasteiger partial charge in [-0.1, -0.05) is 164 Å². The highest BCUT2D eigenvalue weighted by atomic mass is 16.6. The van der Waals surface area contributed by atoms with Gasteiger partial charge >= 0.3 is 0 Å². The maximum atomic E-state index is 6.90. The average Bonchev–Trinajstić information content (AvgIpc) is 3.18. The highest BCUT2D eigenvalue weighted by molar-refractivity contribution is 5.17. The Balaban J connectivity index is 1.50. The second-order valence-corrected chi connectivity index (χ2v) is 12.0. The van der Waals surface area contributed by atoms with E-state index in [1.54, 1.807) is 7.11 Å². The van der Waals surface area contributed by atoms with Gasteiger partial charge in [0.2, 0.25) is 0 Å². The van der Waals surface area contributed by atoms with E-state index in [0.717, 1.165) is 27.8 Å². The van der Waals surface area contributed by atoms with Crippen LogP contribution in [0.4, 0.5) is 0 Å². The summed E-state index contributed by atoms with van der Waals surface area (Å²) in [6, 6.07) is 50.8. The summed E-state index contributed by atoms with van der Waals surface area (Å²) in [5, 5.41) is 0. The second kappa shape index (κ2) is 21.6. The Morgan fingerprint density at radius 1 is 0.440 bits per heavy atom. The third-order valence-electron chi connectivity index (χ3n) is 8.16. The van der Waals surface area contributed by atoms with E-state index < -0.39 is 24.4 Å². The molecule has 6 heteroatoms. The van der Waals surface area contributed by atoms with Gasteiger partial charge in [0.15, 0.2) is 0 Å². The minimum absolute atomic E-state index is 0.277. The van der Waals surface area contributed by atoms with E-state index in [1.807, 2.05) is 103 Å². The molecule has 0 saturated heterocycles. The van der Waals surface area contributed by atoms with Crippen LogP contribution in [0.25, 0.3) is 0 Å². The van der Waals surface area contributed by atoms with Gasteiger partial charge in [0.25, 0.3) is 0 Å². The third-order valence-corrected chi connectivity index (χ3v) is 8.16. The molecule has 0 heterocycles. The molecule has 0 saturated carbocycles.